The first-order chi connectivity index (χ1) is 20.9. The van der Waals surface area contributed by atoms with Crippen LogP contribution in [0, 0.1) is 12.8 Å². The molecule has 0 N–H and O–H groups in total. The fraction of sp³-hybridized carbons (Fsp3) is 0.515. The largest absolute Gasteiger partial charge is 0.444 e. The molecular formula is C33H40BrClN6O3. The van der Waals surface area contributed by atoms with E-state index in [0.29, 0.717) is 43.7 Å². The molecule has 3 aromatic rings. The number of rotatable bonds is 4. The van der Waals surface area contributed by atoms with Crippen LogP contribution in [0.2, 0.25) is 5.02 Å². The Morgan fingerprint density at radius 2 is 1.86 bits per heavy atom. The number of likely N-dealkylation sites (tertiary alicyclic amines) is 1. The lowest BCUT2D eigenvalue weighted by Crippen LogP contribution is -2.62. The van der Waals surface area contributed by atoms with Crippen LogP contribution in [0.25, 0.3) is 0 Å². The van der Waals surface area contributed by atoms with Crippen molar-refractivity contribution in [3.63, 3.8) is 0 Å². The predicted molar refractivity (Wildman–Crippen MR) is 173 cm³/mol. The molecule has 44 heavy (non-hydrogen) atoms. The van der Waals surface area contributed by atoms with E-state index in [9.17, 15) is 9.59 Å². The summed E-state index contributed by atoms with van der Waals surface area (Å²) < 4.78 is 8.86. The number of hydrogen-bond donors (Lipinski definition) is 0. The van der Waals surface area contributed by atoms with Crippen molar-refractivity contribution in [1.29, 1.82) is 0 Å². The summed E-state index contributed by atoms with van der Waals surface area (Å²) in [5, 5.41) is 0.708. The number of carbonyl (C=O) groups is 2. The Hall–Kier alpha value is -2.95. The van der Waals surface area contributed by atoms with Crippen LogP contribution in [-0.2, 0) is 28.9 Å². The molecule has 4 heterocycles. The fourth-order valence-corrected chi connectivity index (χ4v) is 7.41. The van der Waals surface area contributed by atoms with Gasteiger partial charge in [0, 0.05) is 61.2 Å². The van der Waals surface area contributed by atoms with Crippen molar-refractivity contribution in [3.8, 4) is 0 Å². The Bertz CT molecular complexity index is 1500. The van der Waals surface area contributed by atoms with Gasteiger partial charge in [0.05, 0.1) is 23.8 Å². The van der Waals surface area contributed by atoms with Gasteiger partial charge in [-0.2, -0.15) is 0 Å². The molecule has 1 aliphatic carbocycles. The summed E-state index contributed by atoms with van der Waals surface area (Å²) in [6.07, 6.45) is 7.89. The van der Waals surface area contributed by atoms with Gasteiger partial charge in [-0.15, -0.1) is 0 Å². The van der Waals surface area contributed by atoms with Crippen LogP contribution in [0.3, 0.4) is 0 Å². The summed E-state index contributed by atoms with van der Waals surface area (Å²) in [5.74, 6) is 0.300. The van der Waals surface area contributed by atoms with Gasteiger partial charge < -0.3 is 14.2 Å². The molecule has 0 bridgehead atoms. The minimum absolute atomic E-state index is 0.0289. The van der Waals surface area contributed by atoms with Crippen LogP contribution in [0.15, 0.2) is 47.5 Å². The molecule has 0 radical (unpaired) electrons. The molecule has 1 aromatic carbocycles. The van der Waals surface area contributed by atoms with Crippen LogP contribution < -0.4 is 0 Å². The summed E-state index contributed by atoms with van der Waals surface area (Å²) >= 11 is 10.1. The van der Waals surface area contributed by atoms with E-state index in [0.717, 1.165) is 47.2 Å². The predicted octanol–water partition coefficient (Wildman–Crippen LogP) is 5.66. The average Bonchev–Trinajstić information content (AvgIpc) is 3.57. The van der Waals surface area contributed by atoms with Crippen LogP contribution in [-0.4, -0.2) is 85.6 Å². The Kier molecular flexibility index (Phi) is 8.78. The number of ether oxygens (including phenoxy) is 1. The van der Waals surface area contributed by atoms with E-state index in [4.69, 9.17) is 21.3 Å². The van der Waals surface area contributed by atoms with Gasteiger partial charge in [-0.1, -0.05) is 17.7 Å². The number of nitrogens with zero attached hydrogens (tertiary/aromatic N) is 6. The molecule has 0 saturated carbocycles. The maximum Gasteiger partial charge on any atom is 0.411 e. The van der Waals surface area contributed by atoms with E-state index < -0.39 is 17.7 Å². The third kappa shape index (κ3) is 6.67. The van der Waals surface area contributed by atoms with Crippen molar-refractivity contribution in [3.05, 3.63) is 80.6 Å². The van der Waals surface area contributed by atoms with Gasteiger partial charge in [0.1, 0.15) is 11.6 Å². The zero-order valence-corrected chi connectivity index (χ0v) is 28.1. The molecule has 0 spiro atoms. The van der Waals surface area contributed by atoms with Crippen LogP contribution in [0.4, 0.5) is 4.79 Å². The highest BCUT2D eigenvalue weighted by Crippen LogP contribution is 2.39. The van der Waals surface area contributed by atoms with Gasteiger partial charge in [0.15, 0.2) is 0 Å². The maximum atomic E-state index is 14.4. The van der Waals surface area contributed by atoms with Gasteiger partial charge in [-0.05, 0) is 104 Å². The summed E-state index contributed by atoms with van der Waals surface area (Å²) in [4.78, 5) is 43.1. The zero-order valence-electron chi connectivity index (χ0n) is 25.8. The standard InChI is InChI=1S/C33H40BrClN6O3/c1-21-16-38(20-37-21)17-22-9-10-40(18-22)31(42)28-19-39(11-12-41(28)32(43)44-33(2,3)4)30-27-8-7-26(35)14-23(27)5-6-24-13-25(34)15-36-29(24)30/h7-8,13-16,20,22,28,30H,5-6,9-12,17-19H2,1-4H3/t22-,28-,30?/m1/s1. The number of pyridine rings is 1. The summed E-state index contributed by atoms with van der Waals surface area (Å²) in [7, 11) is 0. The van der Waals surface area contributed by atoms with E-state index in [2.05, 4.69) is 48.6 Å². The lowest BCUT2D eigenvalue weighted by molar-refractivity contribution is -0.138. The van der Waals surface area contributed by atoms with E-state index >= 15 is 0 Å². The zero-order chi connectivity index (χ0) is 31.2. The van der Waals surface area contributed by atoms with Crippen LogP contribution >= 0.6 is 27.5 Å². The van der Waals surface area contributed by atoms with Gasteiger partial charge in [-0.3, -0.25) is 19.6 Å². The number of carbonyl (C=O) groups excluding carboxylic acids is 2. The van der Waals surface area contributed by atoms with Crippen LogP contribution in [0.5, 0.6) is 0 Å². The number of amides is 2. The topological polar surface area (TPSA) is 83.8 Å². The number of imidazole rings is 1. The van der Waals surface area contributed by atoms with E-state index in [1.54, 1.807) is 4.90 Å². The molecule has 234 valence electrons. The highest BCUT2D eigenvalue weighted by molar-refractivity contribution is 9.10. The number of hydrogen-bond acceptors (Lipinski definition) is 6. The molecule has 2 aromatic heterocycles. The molecule has 2 aliphatic heterocycles. The maximum absolute atomic E-state index is 14.4. The molecule has 11 heteroatoms. The fourth-order valence-electron chi connectivity index (χ4n) is 6.83. The number of aryl methyl sites for hydroxylation is 3. The van der Waals surface area contributed by atoms with E-state index in [1.165, 1.54) is 11.1 Å². The molecule has 3 aliphatic rings. The van der Waals surface area contributed by atoms with Crippen molar-refractivity contribution >= 4 is 39.5 Å². The molecule has 9 nitrogen and oxygen atoms in total. The lowest BCUT2D eigenvalue weighted by atomic mass is 9.95. The average molecular weight is 684 g/mol. The van der Waals surface area contributed by atoms with Crippen LogP contribution in [0.1, 0.15) is 61.3 Å². The number of benzene rings is 1. The second kappa shape index (κ2) is 12.4. The minimum atomic E-state index is -0.675. The molecule has 2 fully saturated rings. The first-order valence-electron chi connectivity index (χ1n) is 15.4. The number of aromatic nitrogens is 3. The third-order valence-electron chi connectivity index (χ3n) is 8.81. The van der Waals surface area contributed by atoms with Crippen molar-refractivity contribution < 1.29 is 14.3 Å². The minimum Gasteiger partial charge on any atom is -0.444 e. The Balaban J connectivity index is 1.30. The molecular weight excluding hydrogens is 644 g/mol. The van der Waals surface area contributed by atoms with Gasteiger partial charge in [0.2, 0.25) is 5.91 Å². The first kappa shape index (κ1) is 31.0. The van der Waals surface area contributed by atoms with Crippen molar-refractivity contribution in [2.75, 3.05) is 32.7 Å². The van der Waals surface area contributed by atoms with E-state index in [-0.39, 0.29) is 11.9 Å². The third-order valence-corrected chi connectivity index (χ3v) is 9.48. The van der Waals surface area contributed by atoms with Gasteiger partial charge in [-0.25, -0.2) is 9.78 Å². The van der Waals surface area contributed by atoms with Crippen molar-refractivity contribution in [1.82, 2.24) is 29.2 Å². The molecule has 6 rings (SSSR count). The number of halogens is 2. The number of fused-ring (bicyclic) bond motifs is 2. The smallest absolute Gasteiger partial charge is 0.411 e. The Labute approximate surface area is 272 Å². The molecule has 2 saturated heterocycles. The normalized spacial score (nSPS) is 22.4. The first-order valence-corrected chi connectivity index (χ1v) is 16.6. The Morgan fingerprint density at radius 1 is 1.07 bits per heavy atom. The second-order valence-electron chi connectivity index (χ2n) is 13.3. The summed E-state index contributed by atoms with van der Waals surface area (Å²) in [6.45, 7) is 11.0. The lowest BCUT2D eigenvalue weighted by Gasteiger charge is -2.44. The van der Waals surface area contributed by atoms with Crippen molar-refractivity contribution in [2.45, 2.75) is 71.2 Å². The number of piperazine rings is 1. The highest BCUT2D eigenvalue weighted by atomic mass is 79.9. The van der Waals surface area contributed by atoms with Crippen molar-refractivity contribution in [2.24, 2.45) is 5.92 Å². The molecule has 3 atom stereocenters. The van der Waals surface area contributed by atoms with Gasteiger partial charge >= 0.3 is 6.09 Å². The van der Waals surface area contributed by atoms with E-state index in [1.807, 2.05) is 57.4 Å². The monoisotopic (exact) mass is 682 g/mol. The SMILES string of the molecule is Cc1cn(C[C@H]2CCN(C(=O)[C@H]3CN(C4c5ccc(Cl)cc5CCc5cc(Br)cnc54)CCN3C(=O)OC(C)(C)C)C2)cn1. The highest BCUT2D eigenvalue weighted by Gasteiger charge is 2.44. The quantitative estimate of drug-likeness (QED) is 0.353. The molecule has 2 amide bonds. The molecule has 1 unspecified atom stereocenters. The van der Waals surface area contributed by atoms with Gasteiger partial charge in [0.25, 0.3) is 0 Å². The summed E-state index contributed by atoms with van der Waals surface area (Å²) in [6, 6.07) is 7.39. The Morgan fingerprint density at radius 3 is 2.61 bits per heavy atom. The summed E-state index contributed by atoms with van der Waals surface area (Å²) in [5.41, 5.74) is 4.81. The second-order valence-corrected chi connectivity index (χ2v) is 14.6.